The molecule has 4 rings (SSSR count). The smallest absolute Gasteiger partial charge is 0.228 e. The highest BCUT2D eigenvalue weighted by Gasteiger charge is 2.27. The zero-order valence-electron chi connectivity index (χ0n) is 16.0. The van der Waals surface area contributed by atoms with E-state index in [1.807, 2.05) is 36.4 Å². The second-order valence-electron chi connectivity index (χ2n) is 6.81. The van der Waals surface area contributed by atoms with Crippen LogP contribution < -0.4 is 11.1 Å². The lowest BCUT2D eigenvalue weighted by atomic mass is 10.2. The van der Waals surface area contributed by atoms with Crippen LogP contribution in [-0.4, -0.2) is 28.3 Å². The molecule has 1 aromatic heterocycles. The number of amidine groups is 1. The summed E-state index contributed by atoms with van der Waals surface area (Å²) in [7, 11) is 0. The van der Waals surface area contributed by atoms with E-state index in [1.54, 1.807) is 0 Å². The van der Waals surface area contributed by atoms with Crippen LogP contribution in [0.2, 0.25) is 0 Å². The molecule has 0 spiro atoms. The van der Waals surface area contributed by atoms with Crippen LogP contribution in [0.3, 0.4) is 0 Å². The fourth-order valence-corrected chi connectivity index (χ4v) is 3.26. The number of imidazole rings is 1. The number of anilines is 1. The molecule has 1 aliphatic heterocycles. The van der Waals surface area contributed by atoms with Crippen LogP contribution >= 0.6 is 0 Å². The number of nitrogens with two attached hydrogens (primary N) is 1. The summed E-state index contributed by atoms with van der Waals surface area (Å²) in [5.41, 5.74) is 9.14. The van der Waals surface area contributed by atoms with Crippen LogP contribution in [0, 0.1) is 0 Å². The number of nitrogens with one attached hydrogen (secondary N) is 1. The SMILES string of the molecule is CCCCOC1N=C(N)c2nc(-c3ccccc3)n(Cc3ccccc3)c2N1. The maximum atomic E-state index is 6.25. The molecule has 0 aliphatic carbocycles. The van der Waals surface area contributed by atoms with E-state index in [0.29, 0.717) is 24.7 Å². The average molecular weight is 375 g/mol. The molecule has 28 heavy (non-hydrogen) atoms. The molecular formula is C22H25N5O. The number of rotatable bonds is 7. The van der Waals surface area contributed by atoms with Gasteiger partial charge in [-0.2, -0.15) is 0 Å². The first-order valence-electron chi connectivity index (χ1n) is 9.68. The Bertz CT molecular complexity index is 950. The van der Waals surface area contributed by atoms with Crippen molar-refractivity contribution in [1.29, 1.82) is 0 Å². The van der Waals surface area contributed by atoms with Crippen molar-refractivity contribution in [2.45, 2.75) is 32.7 Å². The predicted octanol–water partition coefficient (Wildman–Crippen LogP) is 3.83. The number of nitrogens with zero attached hydrogens (tertiary/aromatic N) is 3. The standard InChI is InChI=1S/C22H25N5O/c1-2-3-14-28-22-25-19(23)18-21(26-22)27(15-16-10-6-4-7-11-16)20(24-18)17-12-8-5-9-13-17/h4-13,22,26H,2-3,14-15H2,1H3,(H2,23,25). The van der Waals surface area contributed by atoms with E-state index in [1.165, 1.54) is 5.56 Å². The molecule has 0 fully saturated rings. The monoisotopic (exact) mass is 375 g/mol. The van der Waals surface area contributed by atoms with Crippen molar-refractivity contribution in [3.05, 3.63) is 71.9 Å². The van der Waals surface area contributed by atoms with Gasteiger partial charge in [-0.15, -0.1) is 0 Å². The minimum atomic E-state index is -0.492. The summed E-state index contributed by atoms with van der Waals surface area (Å²) in [5, 5.41) is 3.38. The minimum Gasteiger partial charge on any atom is -0.382 e. The molecule has 2 heterocycles. The van der Waals surface area contributed by atoms with Gasteiger partial charge in [-0.1, -0.05) is 74.0 Å². The van der Waals surface area contributed by atoms with Gasteiger partial charge in [0.15, 0.2) is 5.84 Å². The lowest BCUT2D eigenvalue weighted by Gasteiger charge is -2.23. The van der Waals surface area contributed by atoms with Gasteiger partial charge in [0, 0.05) is 5.56 Å². The molecule has 2 aromatic carbocycles. The van der Waals surface area contributed by atoms with Crippen molar-refractivity contribution in [2.24, 2.45) is 10.7 Å². The fraction of sp³-hybridized carbons (Fsp3) is 0.273. The molecule has 0 saturated heterocycles. The van der Waals surface area contributed by atoms with Crippen molar-refractivity contribution in [3.63, 3.8) is 0 Å². The third-order valence-corrected chi connectivity index (χ3v) is 4.72. The van der Waals surface area contributed by atoms with Gasteiger partial charge in [-0.3, -0.25) is 0 Å². The van der Waals surface area contributed by atoms with Crippen LogP contribution in [0.25, 0.3) is 11.4 Å². The third-order valence-electron chi connectivity index (χ3n) is 4.72. The van der Waals surface area contributed by atoms with Gasteiger partial charge >= 0.3 is 0 Å². The zero-order valence-corrected chi connectivity index (χ0v) is 16.0. The topological polar surface area (TPSA) is 77.5 Å². The number of hydrogen-bond acceptors (Lipinski definition) is 5. The molecule has 1 aliphatic rings. The number of ether oxygens (including phenoxy) is 1. The van der Waals surface area contributed by atoms with E-state index in [9.17, 15) is 0 Å². The Morgan fingerprint density at radius 1 is 1.07 bits per heavy atom. The summed E-state index contributed by atoms with van der Waals surface area (Å²) in [5.74, 6) is 2.10. The van der Waals surface area contributed by atoms with Crippen molar-refractivity contribution in [2.75, 3.05) is 11.9 Å². The first-order valence-corrected chi connectivity index (χ1v) is 9.68. The summed E-state index contributed by atoms with van der Waals surface area (Å²) in [4.78, 5) is 9.25. The first-order chi connectivity index (χ1) is 13.8. The number of benzene rings is 2. The number of aromatic nitrogens is 2. The summed E-state index contributed by atoms with van der Waals surface area (Å²) >= 11 is 0. The van der Waals surface area contributed by atoms with E-state index in [-0.39, 0.29) is 0 Å². The quantitative estimate of drug-likeness (QED) is 0.615. The van der Waals surface area contributed by atoms with Gasteiger partial charge in [-0.25, -0.2) is 9.98 Å². The highest BCUT2D eigenvalue weighted by molar-refractivity contribution is 6.02. The Hall–Kier alpha value is -3.12. The van der Waals surface area contributed by atoms with E-state index < -0.39 is 6.35 Å². The summed E-state index contributed by atoms with van der Waals surface area (Å²) < 4.78 is 8.00. The highest BCUT2D eigenvalue weighted by Crippen LogP contribution is 2.30. The molecule has 1 atom stereocenters. The maximum Gasteiger partial charge on any atom is 0.228 e. The van der Waals surface area contributed by atoms with Crippen LogP contribution in [0.4, 0.5) is 5.82 Å². The van der Waals surface area contributed by atoms with E-state index in [0.717, 1.165) is 30.0 Å². The molecule has 144 valence electrons. The molecule has 0 saturated carbocycles. The van der Waals surface area contributed by atoms with Crippen LogP contribution in [0.1, 0.15) is 31.0 Å². The summed E-state index contributed by atoms with van der Waals surface area (Å²) in [6.07, 6.45) is 1.56. The second kappa shape index (κ2) is 8.27. The average Bonchev–Trinajstić information content (AvgIpc) is 3.09. The molecule has 1 unspecified atom stereocenters. The summed E-state index contributed by atoms with van der Waals surface area (Å²) in [6, 6.07) is 20.4. The molecule has 0 amide bonds. The molecule has 0 radical (unpaired) electrons. The maximum absolute atomic E-state index is 6.25. The van der Waals surface area contributed by atoms with Crippen molar-refractivity contribution < 1.29 is 4.74 Å². The molecular weight excluding hydrogens is 350 g/mol. The van der Waals surface area contributed by atoms with Gasteiger partial charge < -0.3 is 20.4 Å². The third kappa shape index (κ3) is 3.77. The molecule has 0 bridgehead atoms. The molecule has 3 N–H and O–H groups in total. The zero-order chi connectivity index (χ0) is 19.3. The van der Waals surface area contributed by atoms with Crippen LogP contribution in [0.5, 0.6) is 0 Å². The van der Waals surface area contributed by atoms with Crippen LogP contribution in [-0.2, 0) is 11.3 Å². The Labute approximate surface area is 165 Å². The Morgan fingerprint density at radius 3 is 2.50 bits per heavy atom. The van der Waals surface area contributed by atoms with E-state index >= 15 is 0 Å². The van der Waals surface area contributed by atoms with Gasteiger partial charge in [0.05, 0.1) is 13.2 Å². The number of fused-ring (bicyclic) bond motifs is 1. The Kier molecular flexibility index (Phi) is 5.39. The van der Waals surface area contributed by atoms with E-state index in [2.05, 4.69) is 46.1 Å². The Morgan fingerprint density at radius 2 is 1.79 bits per heavy atom. The van der Waals surface area contributed by atoms with Gasteiger partial charge in [0.2, 0.25) is 6.35 Å². The van der Waals surface area contributed by atoms with Crippen molar-refractivity contribution >= 4 is 11.7 Å². The number of unbranched alkanes of at least 4 members (excludes halogenated alkanes) is 1. The number of hydrogen-bond donors (Lipinski definition) is 2. The second-order valence-corrected chi connectivity index (χ2v) is 6.81. The molecule has 6 nitrogen and oxygen atoms in total. The first kappa shape index (κ1) is 18.3. The highest BCUT2D eigenvalue weighted by atomic mass is 16.5. The lowest BCUT2D eigenvalue weighted by molar-refractivity contribution is 0.0749. The van der Waals surface area contributed by atoms with Crippen molar-refractivity contribution in [3.8, 4) is 11.4 Å². The van der Waals surface area contributed by atoms with Gasteiger partial charge in [0.25, 0.3) is 0 Å². The predicted molar refractivity (Wildman–Crippen MR) is 112 cm³/mol. The molecule has 3 aromatic rings. The minimum absolute atomic E-state index is 0.402. The molecule has 6 heteroatoms. The van der Waals surface area contributed by atoms with Crippen molar-refractivity contribution in [1.82, 2.24) is 9.55 Å². The number of aliphatic imine (C=N–C) groups is 1. The van der Waals surface area contributed by atoms with Gasteiger partial charge in [-0.05, 0) is 12.0 Å². The summed E-state index contributed by atoms with van der Waals surface area (Å²) in [6.45, 7) is 3.45. The van der Waals surface area contributed by atoms with Crippen LogP contribution in [0.15, 0.2) is 65.7 Å². The van der Waals surface area contributed by atoms with E-state index in [4.69, 9.17) is 15.5 Å². The normalized spacial score (nSPS) is 15.6. The van der Waals surface area contributed by atoms with Gasteiger partial charge in [0.1, 0.15) is 17.3 Å². The lowest BCUT2D eigenvalue weighted by Crippen LogP contribution is -2.33. The fourth-order valence-electron chi connectivity index (χ4n) is 3.26. The Balaban J connectivity index is 1.74. The largest absolute Gasteiger partial charge is 0.382 e.